The van der Waals surface area contributed by atoms with Gasteiger partial charge < -0.3 is 14.4 Å². The van der Waals surface area contributed by atoms with Crippen molar-refractivity contribution in [1.82, 2.24) is 0 Å². The van der Waals surface area contributed by atoms with Gasteiger partial charge in [-0.05, 0) is 74.2 Å². The van der Waals surface area contributed by atoms with E-state index in [0.29, 0.717) is 11.4 Å². The van der Waals surface area contributed by atoms with Gasteiger partial charge in [-0.25, -0.2) is 9.59 Å². The van der Waals surface area contributed by atoms with Crippen LogP contribution in [0.1, 0.15) is 27.7 Å². The van der Waals surface area contributed by atoms with E-state index in [1.165, 1.54) is 0 Å². The third-order valence-corrected chi connectivity index (χ3v) is 5.87. The highest BCUT2D eigenvalue weighted by molar-refractivity contribution is 6.05. The van der Waals surface area contributed by atoms with E-state index >= 15 is 0 Å². The van der Waals surface area contributed by atoms with Crippen molar-refractivity contribution in [1.29, 1.82) is 0 Å². The van der Waals surface area contributed by atoms with Gasteiger partial charge in [0.1, 0.15) is 0 Å². The van der Waals surface area contributed by atoms with Gasteiger partial charge in [-0.1, -0.05) is 84.9 Å². The predicted octanol–water partition coefficient (Wildman–Crippen LogP) is 7.43. The maximum atomic E-state index is 13.5. The number of rotatable bonds is 9. The number of nitrogens with zero attached hydrogens (tertiary/aromatic N) is 1. The second-order valence-electron chi connectivity index (χ2n) is 9.58. The van der Waals surface area contributed by atoms with E-state index in [1.807, 2.05) is 109 Å². The normalized spacial score (nSPS) is 11.0. The van der Waals surface area contributed by atoms with E-state index < -0.39 is 30.2 Å². The van der Waals surface area contributed by atoms with Crippen LogP contribution < -0.4 is 4.90 Å². The first kappa shape index (κ1) is 26.7. The minimum absolute atomic E-state index is 0.398. The number of esters is 2. The van der Waals surface area contributed by atoms with Gasteiger partial charge in [0.2, 0.25) is 6.04 Å². The van der Waals surface area contributed by atoms with Crippen LogP contribution in [-0.4, -0.2) is 30.2 Å². The van der Waals surface area contributed by atoms with Crippen LogP contribution in [-0.2, 0) is 19.1 Å². The van der Waals surface area contributed by atoms with Crippen molar-refractivity contribution >= 4 is 23.3 Å². The van der Waals surface area contributed by atoms with Crippen LogP contribution >= 0.6 is 0 Å². The standard InChI is InChI=1S/C33H33NO4/c1-23(2)37-32(35)31(33(36)38-24(3)4)34(29-19-11-17-27(21-29)25-13-7-5-8-14-25)30-20-12-18-28(22-30)26-15-9-6-10-16-26/h5-24,31H,1-4H3. The lowest BCUT2D eigenvalue weighted by atomic mass is 10.0. The molecule has 0 heterocycles. The minimum Gasteiger partial charge on any atom is -0.461 e. The zero-order valence-corrected chi connectivity index (χ0v) is 22.2. The first-order valence-corrected chi connectivity index (χ1v) is 12.8. The zero-order chi connectivity index (χ0) is 27.1. The van der Waals surface area contributed by atoms with Gasteiger partial charge in [-0.15, -0.1) is 0 Å². The maximum Gasteiger partial charge on any atom is 0.341 e. The zero-order valence-electron chi connectivity index (χ0n) is 22.2. The number of hydrogen-bond acceptors (Lipinski definition) is 5. The summed E-state index contributed by atoms with van der Waals surface area (Å²) in [4.78, 5) is 28.7. The Hall–Kier alpha value is -4.38. The molecular weight excluding hydrogens is 474 g/mol. The smallest absolute Gasteiger partial charge is 0.341 e. The number of benzene rings is 4. The van der Waals surface area contributed by atoms with Crippen LogP contribution in [0.15, 0.2) is 109 Å². The summed E-state index contributed by atoms with van der Waals surface area (Å²) in [6.07, 6.45) is -0.796. The Morgan fingerprint density at radius 2 is 0.895 bits per heavy atom. The molecule has 38 heavy (non-hydrogen) atoms. The molecule has 0 fully saturated rings. The summed E-state index contributed by atoms with van der Waals surface area (Å²) in [6, 6.07) is 34.2. The quantitative estimate of drug-likeness (QED) is 0.174. The molecule has 0 aromatic heterocycles. The van der Waals surface area contributed by atoms with Crippen molar-refractivity contribution in [2.75, 3.05) is 4.90 Å². The van der Waals surface area contributed by atoms with Gasteiger partial charge in [0, 0.05) is 11.4 Å². The van der Waals surface area contributed by atoms with Crippen LogP contribution in [0.5, 0.6) is 0 Å². The van der Waals surface area contributed by atoms with E-state index in [1.54, 1.807) is 32.6 Å². The van der Waals surface area contributed by atoms with Crippen LogP contribution in [0.25, 0.3) is 22.3 Å². The fourth-order valence-electron chi connectivity index (χ4n) is 4.28. The molecule has 0 saturated carbocycles. The molecule has 0 aliphatic heterocycles. The van der Waals surface area contributed by atoms with Crippen LogP contribution in [0.3, 0.4) is 0 Å². The second-order valence-corrected chi connectivity index (χ2v) is 9.58. The van der Waals surface area contributed by atoms with Gasteiger partial charge in [-0.2, -0.15) is 0 Å². The Morgan fingerprint density at radius 1 is 0.526 bits per heavy atom. The SMILES string of the molecule is CC(C)OC(=O)C(C(=O)OC(C)C)N(c1cccc(-c2ccccc2)c1)c1cccc(-c2ccccc2)c1. The lowest BCUT2D eigenvalue weighted by Crippen LogP contribution is -2.47. The number of hydrogen-bond donors (Lipinski definition) is 0. The fraction of sp³-hybridized carbons (Fsp3) is 0.212. The molecule has 0 atom stereocenters. The van der Waals surface area contributed by atoms with E-state index in [-0.39, 0.29) is 0 Å². The summed E-state index contributed by atoms with van der Waals surface area (Å²) in [5.74, 6) is -1.33. The molecule has 0 spiro atoms. The van der Waals surface area contributed by atoms with Crippen molar-refractivity contribution in [3.63, 3.8) is 0 Å². The predicted molar refractivity (Wildman–Crippen MR) is 152 cm³/mol. The summed E-state index contributed by atoms with van der Waals surface area (Å²) >= 11 is 0. The molecule has 0 bridgehead atoms. The molecule has 0 aliphatic rings. The van der Waals surface area contributed by atoms with Gasteiger partial charge in [0.25, 0.3) is 0 Å². The highest BCUT2D eigenvalue weighted by Gasteiger charge is 2.38. The molecule has 0 amide bonds. The Morgan fingerprint density at radius 3 is 1.26 bits per heavy atom. The molecule has 5 nitrogen and oxygen atoms in total. The Bertz CT molecular complexity index is 1260. The lowest BCUT2D eigenvalue weighted by Gasteiger charge is -2.32. The highest BCUT2D eigenvalue weighted by Crippen LogP contribution is 2.35. The summed E-state index contributed by atoms with van der Waals surface area (Å²) in [5, 5.41) is 0. The molecule has 0 radical (unpaired) electrons. The number of carbonyl (C=O) groups excluding carboxylic acids is 2. The molecule has 0 N–H and O–H groups in total. The van der Waals surface area contributed by atoms with Crippen LogP contribution in [0.2, 0.25) is 0 Å². The van der Waals surface area contributed by atoms with Gasteiger partial charge in [0.05, 0.1) is 12.2 Å². The van der Waals surface area contributed by atoms with E-state index in [2.05, 4.69) is 0 Å². The molecule has 5 heteroatoms. The third kappa shape index (κ3) is 6.48. The van der Waals surface area contributed by atoms with Crippen LogP contribution in [0.4, 0.5) is 11.4 Å². The van der Waals surface area contributed by atoms with Crippen molar-refractivity contribution in [2.24, 2.45) is 0 Å². The van der Waals surface area contributed by atoms with E-state index in [4.69, 9.17) is 9.47 Å². The topological polar surface area (TPSA) is 55.8 Å². The average molecular weight is 508 g/mol. The Kier molecular flexibility index (Phi) is 8.59. The van der Waals surface area contributed by atoms with Crippen molar-refractivity contribution in [3.8, 4) is 22.3 Å². The maximum absolute atomic E-state index is 13.5. The number of anilines is 2. The second kappa shape index (κ2) is 12.2. The van der Waals surface area contributed by atoms with E-state index in [0.717, 1.165) is 22.3 Å². The molecule has 4 rings (SSSR count). The fourth-order valence-corrected chi connectivity index (χ4v) is 4.28. The van der Waals surface area contributed by atoms with Gasteiger partial charge in [0.15, 0.2) is 0 Å². The Labute approximate surface area is 224 Å². The van der Waals surface area contributed by atoms with E-state index in [9.17, 15) is 9.59 Å². The summed E-state index contributed by atoms with van der Waals surface area (Å²) in [6.45, 7) is 7.05. The number of ether oxygens (including phenoxy) is 2. The molecule has 0 saturated heterocycles. The summed E-state index contributed by atoms with van der Waals surface area (Å²) < 4.78 is 11.2. The Balaban J connectivity index is 1.90. The van der Waals surface area contributed by atoms with Crippen molar-refractivity contribution < 1.29 is 19.1 Å². The monoisotopic (exact) mass is 507 g/mol. The molecular formula is C33H33NO4. The lowest BCUT2D eigenvalue weighted by molar-refractivity contribution is -0.160. The molecule has 4 aromatic rings. The van der Waals surface area contributed by atoms with Crippen molar-refractivity contribution in [3.05, 3.63) is 109 Å². The minimum atomic E-state index is -1.34. The van der Waals surface area contributed by atoms with Crippen molar-refractivity contribution in [2.45, 2.75) is 45.9 Å². The number of carbonyl (C=O) groups is 2. The summed E-state index contributed by atoms with van der Waals surface area (Å²) in [7, 11) is 0. The van der Waals surface area contributed by atoms with Gasteiger partial charge in [-0.3, -0.25) is 0 Å². The van der Waals surface area contributed by atoms with Crippen LogP contribution in [0, 0.1) is 0 Å². The molecule has 4 aromatic carbocycles. The first-order valence-electron chi connectivity index (χ1n) is 12.8. The summed E-state index contributed by atoms with van der Waals surface area (Å²) in [5.41, 5.74) is 5.31. The molecule has 194 valence electrons. The third-order valence-electron chi connectivity index (χ3n) is 5.87. The molecule has 0 unspecified atom stereocenters. The first-order chi connectivity index (χ1) is 18.3. The molecule has 0 aliphatic carbocycles. The van der Waals surface area contributed by atoms with Gasteiger partial charge >= 0.3 is 11.9 Å². The highest BCUT2D eigenvalue weighted by atomic mass is 16.6. The largest absolute Gasteiger partial charge is 0.461 e. The average Bonchev–Trinajstić information content (AvgIpc) is 2.92.